The van der Waals surface area contributed by atoms with E-state index in [2.05, 4.69) is 4.98 Å². The standard InChI is InChI=1S/C12H17NO/c1-9-5-4-7-11(13-9)10-6-2-3-8-12(10)14/h4-5,7,10,12,14H,2-3,6,8H2,1H3/t10-,12+/m1/s1. The topological polar surface area (TPSA) is 33.1 Å². The summed E-state index contributed by atoms with van der Waals surface area (Å²) in [5.74, 6) is 0.267. The number of aryl methyl sites for hydroxylation is 1. The third-order valence-electron chi connectivity index (χ3n) is 3.02. The van der Waals surface area contributed by atoms with Crippen LogP contribution in [0.4, 0.5) is 0 Å². The Kier molecular flexibility index (Phi) is 2.82. The first-order valence-corrected chi connectivity index (χ1v) is 5.39. The van der Waals surface area contributed by atoms with Gasteiger partial charge in [-0.05, 0) is 31.9 Å². The summed E-state index contributed by atoms with van der Waals surface area (Å²) in [6, 6.07) is 6.06. The Morgan fingerprint density at radius 2 is 2.07 bits per heavy atom. The van der Waals surface area contributed by atoms with E-state index in [0.717, 1.165) is 30.7 Å². The highest BCUT2D eigenvalue weighted by Gasteiger charge is 2.25. The van der Waals surface area contributed by atoms with E-state index in [1.54, 1.807) is 0 Å². The van der Waals surface area contributed by atoms with E-state index in [-0.39, 0.29) is 12.0 Å². The van der Waals surface area contributed by atoms with Crippen molar-refractivity contribution in [1.82, 2.24) is 4.98 Å². The van der Waals surface area contributed by atoms with Crippen LogP contribution in [0.2, 0.25) is 0 Å². The molecule has 1 saturated carbocycles. The van der Waals surface area contributed by atoms with Gasteiger partial charge in [0.15, 0.2) is 0 Å². The Bertz CT molecular complexity index is 311. The number of rotatable bonds is 1. The van der Waals surface area contributed by atoms with Crippen LogP contribution in [0.5, 0.6) is 0 Å². The van der Waals surface area contributed by atoms with Gasteiger partial charge in [0.25, 0.3) is 0 Å². The molecule has 1 aromatic rings. The Labute approximate surface area is 85.0 Å². The number of aromatic nitrogens is 1. The quantitative estimate of drug-likeness (QED) is 0.739. The van der Waals surface area contributed by atoms with Crippen molar-refractivity contribution >= 4 is 0 Å². The Morgan fingerprint density at radius 1 is 1.29 bits per heavy atom. The van der Waals surface area contributed by atoms with Crippen LogP contribution < -0.4 is 0 Å². The molecule has 0 aliphatic heterocycles. The third kappa shape index (κ3) is 1.95. The molecule has 1 heterocycles. The summed E-state index contributed by atoms with van der Waals surface area (Å²) in [6.45, 7) is 2.00. The molecule has 2 nitrogen and oxygen atoms in total. The van der Waals surface area contributed by atoms with Crippen molar-refractivity contribution in [2.45, 2.75) is 44.6 Å². The van der Waals surface area contributed by atoms with Gasteiger partial charge in [-0.2, -0.15) is 0 Å². The van der Waals surface area contributed by atoms with Crippen molar-refractivity contribution in [1.29, 1.82) is 0 Å². The van der Waals surface area contributed by atoms with Gasteiger partial charge in [-0.3, -0.25) is 4.98 Å². The van der Waals surface area contributed by atoms with Crippen LogP contribution in [-0.4, -0.2) is 16.2 Å². The summed E-state index contributed by atoms with van der Waals surface area (Å²) in [4.78, 5) is 4.49. The maximum Gasteiger partial charge on any atom is 0.0623 e. The average molecular weight is 191 g/mol. The molecule has 0 spiro atoms. The zero-order chi connectivity index (χ0) is 9.97. The number of aliphatic hydroxyl groups is 1. The fraction of sp³-hybridized carbons (Fsp3) is 0.583. The molecule has 1 aromatic heterocycles. The van der Waals surface area contributed by atoms with Crippen molar-refractivity contribution in [2.24, 2.45) is 0 Å². The molecule has 1 N–H and O–H groups in total. The van der Waals surface area contributed by atoms with Crippen LogP contribution in [0.15, 0.2) is 18.2 Å². The highest BCUT2D eigenvalue weighted by Crippen LogP contribution is 2.31. The zero-order valence-electron chi connectivity index (χ0n) is 8.61. The van der Waals surface area contributed by atoms with Crippen molar-refractivity contribution < 1.29 is 5.11 Å². The van der Waals surface area contributed by atoms with Crippen LogP contribution in [-0.2, 0) is 0 Å². The average Bonchev–Trinajstić information content (AvgIpc) is 2.18. The maximum absolute atomic E-state index is 9.87. The van der Waals surface area contributed by atoms with Crippen molar-refractivity contribution in [3.05, 3.63) is 29.6 Å². The summed E-state index contributed by atoms with van der Waals surface area (Å²) in [6.07, 6.45) is 4.21. The van der Waals surface area contributed by atoms with Gasteiger partial charge in [0.2, 0.25) is 0 Å². The number of aliphatic hydroxyl groups excluding tert-OH is 1. The smallest absolute Gasteiger partial charge is 0.0623 e. The van der Waals surface area contributed by atoms with Gasteiger partial charge in [-0.15, -0.1) is 0 Å². The van der Waals surface area contributed by atoms with E-state index in [4.69, 9.17) is 0 Å². The molecular formula is C12H17NO. The predicted octanol–water partition coefficient (Wildman–Crippen LogP) is 2.41. The van der Waals surface area contributed by atoms with Crippen LogP contribution in [0.3, 0.4) is 0 Å². The largest absolute Gasteiger partial charge is 0.392 e. The van der Waals surface area contributed by atoms with Gasteiger partial charge < -0.3 is 5.11 Å². The minimum atomic E-state index is -0.182. The van der Waals surface area contributed by atoms with Crippen LogP contribution in [0.25, 0.3) is 0 Å². The number of hydrogen-bond acceptors (Lipinski definition) is 2. The lowest BCUT2D eigenvalue weighted by Crippen LogP contribution is -2.23. The second kappa shape index (κ2) is 4.09. The molecule has 2 heteroatoms. The Hall–Kier alpha value is -0.890. The number of hydrogen-bond donors (Lipinski definition) is 1. The summed E-state index contributed by atoms with van der Waals surface area (Å²) in [5, 5.41) is 9.87. The molecule has 0 radical (unpaired) electrons. The van der Waals surface area contributed by atoms with E-state index in [0.29, 0.717) is 0 Å². The molecule has 14 heavy (non-hydrogen) atoms. The van der Waals surface area contributed by atoms with Crippen LogP contribution in [0, 0.1) is 6.92 Å². The first-order valence-electron chi connectivity index (χ1n) is 5.39. The normalized spacial score (nSPS) is 27.6. The lowest BCUT2D eigenvalue weighted by atomic mass is 9.84. The monoisotopic (exact) mass is 191 g/mol. The fourth-order valence-electron chi connectivity index (χ4n) is 2.23. The van der Waals surface area contributed by atoms with Gasteiger partial charge in [-0.25, -0.2) is 0 Å². The molecule has 1 fully saturated rings. The fourth-order valence-corrected chi connectivity index (χ4v) is 2.23. The maximum atomic E-state index is 9.87. The van der Waals surface area contributed by atoms with E-state index < -0.39 is 0 Å². The van der Waals surface area contributed by atoms with Gasteiger partial charge in [0, 0.05) is 17.3 Å². The zero-order valence-corrected chi connectivity index (χ0v) is 8.61. The summed E-state index contributed by atoms with van der Waals surface area (Å²) in [7, 11) is 0. The van der Waals surface area contributed by atoms with Gasteiger partial charge in [-0.1, -0.05) is 18.9 Å². The second-order valence-electron chi connectivity index (χ2n) is 4.16. The molecule has 0 unspecified atom stereocenters. The lowest BCUT2D eigenvalue weighted by molar-refractivity contribution is 0.104. The SMILES string of the molecule is Cc1cccc([C@H]2CCCC[C@@H]2O)n1. The highest BCUT2D eigenvalue weighted by atomic mass is 16.3. The minimum absolute atomic E-state index is 0.182. The van der Waals surface area contributed by atoms with Crippen LogP contribution in [0.1, 0.15) is 43.0 Å². The molecular weight excluding hydrogens is 174 g/mol. The Balaban J connectivity index is 2.20. The second-order valence-corrected chi connectivity index (χ2v) is 4.16. The van der Waals surface area contributed by atoms with Gasteiger partial charge in [0.05, 0.1) is 6.10 Å². The third-order valence-corrected chi connectivity index (χ3v) is 3.02. The minimum Gasteiger partial charge on any atom is -0.392 e. The lowest BCUT2D eigenvalue weighted by Gasteiger charge is -2.27. The van der Waals surface area contributed by atoms with Crippen molar-refractivity contribution in [3.63, 3.8) is 0 Å². The first kappa shape index (κ1) is 9.66. The highest BCUT2D eigenvalue weighted by molar-refractivity contribution is 5.15. The first-order chi connectivity index (χ1) is 6.77. The number of nitrogens with zero attached hydrogens (tertiary/aromatic N) is 1. The van der Waals surface area contributed by atoms with Gasteiger partial charge in [0.1, 0.15) is 0 Å². The molecule has 1 aliphatic rings. The van der Waals surface area contributed by atoms with E-state index in [1.165, 1.54) is 6.42 Å². The molecule has 0 aromatic carbocycles. The van der Waals surface area contributed by atoms with E-state index >= 15 is 0 Å². The summed E-state index contributed by atoms with van der Waals surface area (Å²) in [5.41, 5.74) is 2.11. The molecule has 0 bridgehead atoms. The molecule has 0 amide bonds. The molecule has 2 rings (SSSR count). The van der Waals surface area contributed by atoms with Gasteiger partial charge >= 0.3 is 0 Å². The molecule has 2 atom stereocenters. The molecule has 0 saturated heterocycles. The summed E-state index contributed by atoms with van der Waals surface area (Å²) >= 11 is 0. The number of pyridine rings is 1. The van der Waals surface area contributed by atoms with E-state index in [1.807, 2.05) is 25.1 Å². The molecule has 76 valence electrons. The molecule has 1 aliphatic carbocycles. The van der Waals surface area contributed by atoms with E-state index in [9.17, 15) is 5.11 Å². The Morgan fingerprint density at radius 3 is 2.79 bits per heavy atom. The van der Waals surface area contributed by atoms with Crippen molar-refractivity contribution in [2.75, 3.05) is 0 Å². The summed E-state index contributed by atoms with van der Waals surface area (Å²) < 4.78 is 0. The predicted molar refractivity (Wildman–Crippen MR) is 56.2 cm³/mol. The van der Waals surface area contributed by atoms with Crippen molar-refractivity contribution in [3.8, 4) is 0 Å². The van der Waals surface area contributed by atoms with Crippen LogP contribution >= 0.6 is 0 Å².